The summed E-state index contributed by atoms with van der Waals surface area (Å²) in [6.07, 6.45) is 4.82. The van der Waals surface area contributed by atoms with E-state index in [1.54, 1.807) is 0 Å². The highest BCUT2D eigenvalue weighted by Gasteiger charge is 2.50. The molecule has 0 unspecified atom stereocenters. The molecule has 0 radical (unpaired) electrons. The summed E-state index contributed by atoms with van der Waals surface area (Å²) in [4.78, 5) is 38.4. The molecule has 0 aromatic heterocycles. The fraction of sp³-hybridized carbons (Fsp3) is 0.353. The van der Waals surface area contributed by atoms with Gasteiger partial charge in [0.1, 0.15) is 11.9 Å². The molecule has 1 fully saturated rings. The minimum Gasteiger partial charge on any atom is -0.324 e. The molecule has 1 N–H and O–H groups in total. The number of amides is 3. The summed E-state index contributed by atoms with van der Waals surface area (Å²) in [7, 11) is 0. The van der Waals surface area contributed by atoms with Crippen molar-refractivity contribution in [2.45, 2.75) is 25.8 Å². The maximum Gasteiger partial charge on any atom is 0.247 e. The lowest BCUT2D eigenvalue weighted by molar-refractivity contribution is -0.146. The van der Waals surface area contributed by atoms with Gasteiger partial charge in [-0.2, -0.15) is 0 Å². The average molecular weight is 351 g/mol. The van der Waals surface area contributed by atoms with Gasteiger partial charge in [-0.05, 0) is 38.0 Å². The molecule has 7 heteroatoms. The molecule has 126 valence electrons. The van der Waals surface area contributed by atoms with E-state index in [4.69, 9.17) is 11.6 Å². The lowest BCUT2D eigenvalue weighted by atomic mass is 9.85. The second-order valence-electron chi connectivity index (χ2n) is 6.00. The standard InChI is InChI=1S/C17H16ClFN2O3/c1-9(15(22)20-10-6-7-14(19)13(18)8-10)21-16(23)11-4-2-3-5-12(11)17(21)24/h2-3,6-9,11-12H,4-5H2,1H3,(H,20,22)/t9-,11-,12+/m0/s1. The number of fused-ring (bicyclic) bond motifs is 1. The highest BCUT2D eigenvalue weighted by atomic mass is 35.5. The van der Waals surface area contributed by atoms with E-state index in [0.29, 0.717) is 18.5 Å². The van der Waals surface area contributed by atoms with Crippen molar-refractivity contribution < 1.29 is 18.8 Å². The van der Waals surface area contributed by atoms with E-state index in [-0.39, 0.29) is 28.7 Å². The average Bonchev–Trinajstić information content (AvgIpc) is 2.82. The van der Waals surface area contributed by atoms with Gasteiger partial charge in [0, 0.05) is 5.69 Å². The first-order valence-electron chi connectivity index (χ1n) is 7.68. The van der Waals surface area contributed by atoms with Crippen molar-refractivity contribution in [1.29, 1.82) is 0 Å². The van der Waals surface area contributed by atoms with E-state index < -0.39 is 17.8 Å². The van der Waals surface area contributed by atoms with Crippen LogP contribution in [-0.4, -0.2) is 28.7 Å². The molecule has 1 aliphatic heterocycles. The van der Waals surface area contributed by atoms with Crippen LogP contribution in [-0.2, 0) is 14.4 Å². The zero-order valence-corrected chi connectivity index (χ0v) is 13.7. The molecule has 3 amide bonds. The van der Waals surface area contributed by atoms with Crippen molar-refractivity contribution in [1.82, 2.24) is 4.90 Å². The topological polar surface area (TPSA) is 66.5 Å². The molecular formula is C17H16ClFN2O3. The number of nitrogens with one attached hydrogen (secondary N) is 1. The van der Waals surface area contributed by atoms with Crippen molar-refractivity contribution in [3.63, 3.8) is 0 Å². The molecule has 0 saturated carbocycles. The zero-order valence-electron chi connectivity index (χ0n) is 13.0. The maximum atomic E-state index is 13.2. The first-order valence-corrected chi connectivity index (χ1v) is 8.05. The minimum atomic E-state index is -0.945. The van der Waals surface area contributed by atoms with Crippen LogP contribution in [0, 0.1) is 17.7 Å². The third kappa shape index (κ3) is 2.82. The van der Waals surface area contributed by atoms with Crippen LogP contribution in [0.4, 0.5) is 10.1 Å². The van der Waals surface area contributed by atoms with Gasteiger partial charge in [0.25, 0.3) is 0 Å². The number of carbonyl (C=O) groups is 3. The monoisotopic (exact) mass is 350 g/mol. The lowest BCUT2D eigenvalue weighted by Crippen LogP contribution is -2.46. The van der Waals surface area contributed by atoms with Crippen LogP contribution in [0.2, 0.25) is 5.02 Å². The number of rotatable bonds is 3. The van der Waals surface area contributed by atoms with E-state index in [9.17, 15) is 18.8 Å². The third-order valence-electron chi connectivity index (χ3n) is 4.50. The Kier molecular flexibility index (Phi) is 4.41. The minimum absolute atomic E-state index is 0.120. The van der Waals surface area contributed by atoms with E-state index >= 15 is 0 Å². The largest absolute Gasteiger partial charge is 0.324 e. The van der Waals surface area contributed by atoms with Crippen molar-refractivity contribution in [3.05, 3.63) is 41.2 Å². The van der Waals surface area contributed by atoms with Gasteiger partial charge < -0.3 is 5.32 Å². The molecular weight excluding hydrogens is 335 g/mol. The Labute approximate surface area is 143 Å². The maximum absolute atomic E-state index is 13.2. The summed E-state index contributed by atoms with van der Waals surface area (Å²) in [5, 5.41) is 2.44. The first-order chi connectivity index (χ1) is 11.4. The Morgan fingerprint density at radius 2 is 1.83 bits per heavy atom. The van der Waals surface area contributed by atoms with Crippen LogP contribution in [0.3, 0.4) is 0 Å². The Bertz CT molecular complexity index is 723. The fourth-order valence-corrected chi connectivity index (χ4v) is 3.33. The Morgan fingerprint density at radius 3 is 2.38 bits per heavy atom. The van der Waals surface area contributed by atoms with Crippen LogP contribution in [0.5, 0.6) is 0 Å². The summed E-state index contributed by atoms with van der Waals surface area (Å²) < 4.78 is 13.2. The first kappa shape index (κ1) is 16.6. The number of benzene rings is 1. The smallest absolute Gasteiger partial charge is 0.247 e. The molecule has 0 bridgehead atoms. The van der Waals surface area contributed by atoms with E-state index in [1.807, 2.05) is 12.2 Å². The fourth-order valence-electron chi connectivity index (χ4n) is 3.15. The summed E-state index contributed by atoms with van der Waals surface area (Å²) in [5.74, 6) is -2.49. The molecule has 5 nitrogen and oxygen atoms in total. The number of imide groups is 1. The van der Waals surface area contributed by atoms with Crippen molar-refractivity contribution in [2.24, 2.45) is 11.8 Å². The summed E-state index contributed by atoms with van der Waals surface area (Å²) >= 11 is 5.68. The van der Waals surface area contributed by atoms with Gasteiger partial charge in [-0.25, -0.2) is 4.39 Å². The Balaban J connectivity index is 1.74. The Hall–Kier alpha value is -2.21. The molecule has 1 saturated heterocycles. The highest BCUT2D eigenvalue weighted by molar-refractivity contribution is 6.31. The van der Waals surface area contributed by atoms with Crippen LogP contribution in [0.25, 0.3) is 0 Å². The molecule has 3 rings (SSSR count). The third-order valence-corrected chi connectivity index (χ3v) is 4.79. The zero-order chi connectivity index (χ0) is 17.4. The lowest BCUT2D eigenvalue weighted by Gasteiger charge is -2.22. The molecule has 2 aliphatic rings. The molecule has 1 aromatic carbocycles. The number of carbonyl (C=O) groups excluding carboxylic acids is 3. The highest BCUT2D eigenvalue weighted by Crippen LogP contribution is 2.36. The van der Waals surface area contributed by atoms with Gasteiger partial charge >= 0.3 is 0 Å². The second-order valence-corrected chi connectivity index (χ2v) is 6.40. The van der Waals surface area contributed by atoms with Gasteiger partial charge in [0.05, 0.1) is 16.9 Å². The molecule has 3 atom stereocenters. The number of halogens is 2. The summed E-state index contributed by atoms with van der Waals surface area (Å²) in [6.45, 7) is 1.50. The molecule has 0 spiro atoms. The summed E-state index contributed by atoms with van der Waals surface area (Å²) in [5.41, 5.74) is 0.302. The Morgan fingerprint density at radius 1 is 1.25 bits per heavy atom. The van der Waals surface area contributed by atoms with E-state index in [2.05, 4.69) is 5.32 Å². The molecule has 24 heavy (non-hydrogen) atoms. The quantitative estimate of drug-likeness (QED) is 0.673. The van der Waals surface area contributed by atoms with Gasteiger partial charge in [0.2, 0.25) is 17.7 Å². The van der Waals surface area contributed by atoms with Crippen LogP contribution < -0.4 is 5.32 Å². The van der Waals surface area contributed by atoms with E-state index in [0.717, 1.165) is 11.0 Å². The number of allylic oxidation sites excluding steroid dienone is 2. The molecule has 1 heterocycles. The predicted molar refractivity (Wildman–Crippen MR) is 86.7 cm³/mol. The predicted octanol–water partition coefficient (Wildman–Crippen LogP) is 2.76. The van der Waals surface area contributed by atoms with Crippen molar-refractivity contribution >= 4 is 35.0 Å². The van der Waals surface area contributed by atoms with Crippen LogP contribution in [0.15, 0.2) is 30.4 Å². The number of hydrogen-bond acceptors (Lipinski definition) is 3. The second kappa shape index (κ2) is 6.36. The number of nitrogens with zero attached hydrogens (tertiary/aromatic N) is 1. The molecule has 1 aromatic rings. The van der Waals surface area contributed by atoms with Crippen molar-refractivity contribution in [3.8, 4) is 0 Å². The van der Waals surface area contributed by atoms with Crippen LogP contribution in [0.1, 0.15) is 19.8 Å². The number of hydrogen-bond donors (Lipinski definition) is 1. The van der Waals surface area contributed by atoms with Gasteiger partial charge in [-0.3, -0.25) is 19.3 Å². The normalized spacial score (nSPS) is 24.0. The number of likely N-dealkylation sites (tertiary alicyclic amines) is 1. The van der Waals surface area contributed by atoms with Crippen molar-refractivity contribution in [2.75, 3.05) is 5.32 Å². The van der Waals surface area contributed by atoms with E-state index in [1.165, 1.54) is 19.1 Å². The van der Waals surface area contributed by atoms with Gasteiger partial charge in [0.15, 0.2) is 0 Å². The van der Waals surface area contributed by atoms with Gasteiger partial charge in [-0.15, -0.1) is 0 Å². The SMILES string of the molecule is C[C@@H](C(=O)Nc1ccc(F)c(Cl)c1)N1C(=O)[C@H]2CC=CC[C@H]2C1=O. The molecule has 1 aliphatic carbocycles. The number of anilines is 1. The summed E-state index contributed by atoms with van der Waals surface area (Å²) in [6, 6.07) is 2.83. The van der Waals surface area contributed by atoms with Crippen LogP contribution >= 0.6 is 11.6 Å². The van der Waals surface area contributed by atoms with Gasteiger partial charge in [-0.1, -0.05) is 23.8 Å².